The summed E-state index contributed by atoms with van der Waals surface area (Å²) in [6, 6.07) is 4.18. The lowest BCUT2D eigenvalue weighted by Crippen LogP contribution is -2.50. The van der Waals surface area contributed by atoms with Crippen molar-refractivity contribution in [3.8, 4) is 5.75 Å². The lowest BCUT2D eigenvalue weighted by atomic mass is 9.91. The van der Waals surface area contributed by atoms with Crippen LogP contribution in [0.15, 0.2) is 27.4 Å². The van der Waals surface area contributed by atoms with Gasteiger partial charge in [0.15, 0.2) is 6.61 Å². The molecule has 2 amide bonds. The number of carbonyl (C=O) groups is 3. The van der Waals surface area contributed by atoms with Crippen molar-refractivity contribution in [2.45, 2.75) is 44.6 Å². The van der Waals surface area contributed by atoms with Crippen LogP contribution in [0.1, 0.15) is 36.8 Å². The van der Waals surface area contributed by atoms with E-state index in [0.717, 1.165) is 42.2 Å². The molecule has 4 rings (SSSR count). The highest BCUT2D eigenvalue weighted by atomic mass is 16.5. The number of benzene rings is 1. The van der Waals surface area contributed by atoms with Gasteiger partial charge < -0.3 is 29.3 Å². The summed E-state index contributed by atoms with van der Waals surface area (Å²) >= 11 is 0. The average molecular weight is 427 g/mol. The molecule has 2 aromatic rings. The van der Waals surface area contributed by atoms with Gasteiger partial charge in [-0.2, -0.15) is 0 Å². The van der Waals surface area contributed by atoms with Crippen molar-refractivity contribution < 1.29 is 28.6 Å². The number of nitrogens with zero attached hydrogens (tertiary/aromatic N) is 1. The molecule has 9 nitrogen and oxygen atoms in total. The molecule has 0 radical (unpaired) electrons. The van der Waals surface area contributed by atoms with Crippen molar-refractivity contribution in [2.75, 3.05) is 19.7 Å². The molecule has 0 unspecified atom stereocenters. The molecule has 1 aromatic carbocycles. The second-order valence-corrected chi connectivity index (χ2v) is 7.84. The first-order chi connectivity index (χ1) is 14.9. The summed E-state index contributed by atoms with van der Waals surface area (Å²) < 4.78 is 10.9. The zero-order chi connectivity index (χ0) is 22.0. The Labute approximate surface area is 178 Å². The first-order valence-corrected chi connectivity index (χ1v) is 10.4. The molecule has 1 saturated heterocycles. The standard InChI is InChI=1S/C22H24N2O7/c25-19(23-11-20(26)24-9-3-6-17(24)21(27)28)12-30-13-7-8-15-14-4-1-2-5-16(14)22(29)31-18(15)10-13/h7-8,10,17H,1-6,9,11-12H2,(H,23,25)(H,27,28)/p-1/t17-/m1/s1. The maximum absolute atomic E-state index is 12.2. The second-order valence-electron chi connectivity index (χ2n) is 7.84. The fourth-order valence-electron chi connectivity index (χ4n) is 4.30. The van der Waals surface area contributed by atoms with Crippen molar-refractivity contribution in [2.24, 2.45) is 0 Å². The predicted molar refractivity (Wildman–Crippen MR) is 107 cm³/mol. The van der Waals surface area contributed by atoms with Crippen molar-refractivity contribution in [1.82, 2.24) is 10.2 Å². The average Bonchev–Trinajstić information content (AvgIpc) is 3.26. The molecule has 1 fully saturated rings. The minimum absolute atomic E-state index is 0.315. The number of carboxylic acids is 1. The molecule has 31 heavy (non-hydrogen) atoms. The number of fused-ring (bicyclic) bond motifs is 3. The molecule has 1 aromatic heterocycles. The third-order valence-electron chi connectivity index (χ3n) is 5.85. The normalized spacial score (nSPS) is 17.9. The monoisotopic (exact) mass is 427 g/mol. The molecule has 0 bridgehead atoms. The highest BCUT2D eigenvalue weighted by Gasteiger charge is 2.29. The number of hydrogen-bond donors (Lipinski definition) is 1. The minimum atomic E-state index is -1.29. The fraction of sp³-hybridized carbons (Fsp3) is 0.455. The van der Waals surface area contributed by atoms with E-state index in [9.17, 15) is 24.3 Å². The van der Waals surface area contributed by atoms with Gasteiger partial charge in [-0.05, 0) is 56.2 Å². The van der Waals surface area contributed by atoms with Crippen LogP contribution in [-0.2, 0) is 27.2 Å². The largest absolute Gasteiger partial charge is 0.548 e. The van der Waals surface area contributed by atoms with Crippen LogP contribution in [0, 0.1) is 0 Å². The Bertz CT molecular complexity index is 1090. The molecule has 1 aliphatic carbocycles. The van der Waals surface area contributed by atoms with Crippen molar-refractivity contribution in [3.63, 3.8) is 0 Å². The van der Waals surface area contributed by atoms with Crippen LogP contribution < -0.4 is 20.8 Å². The fourth-order valence-corrected chi connectivity index (χ4v) is 4.30. The van der Waals surface area contributed by atoms with Gasteiger partial charge in [0, 0.05) is 23.6 Å². The van der Waals surface area contributed by atoms with Gasteiger partial charge in [0.1, 0.15) is 11.3 Å². The Hall–Kier alpha value is -3.36. The molecule has 2 aliphatic rings. The van der Waals surface area contributed by atoms with E-state index in [-0.39, 0.29) is 18.8 Å². The molecule has 0 saturated carbocycles. The molecule has 1 N–H and O–H groups in total. The van der Waals surface area contributed by atoms with E-state index in [4.69, 9.17) is 9.15 Å². The van der Waals surface area contributed by atoms with Crippen LogP contribution in [-0.4, -0.2) is 48.4 Å². The third kappa shape index (κ3) is 4.40. The van der Waals surface area contributed by atoms with Gasteiger partial charge in [0.05, 0.1) is 18.6 Å². The van der Waals surface area contributed by atoms with Gasteiger partial charge in [-0.15, -0.1) is 0 Å². The highest BCUT2D eigenvalue weighted by molar-refractivity contribution is 5.88. The number of carbonyl (C=O) groups excluding carboxylic acids is 3. The maximum Gasteiger partial charge on any atom is 0.339 e. The van der Waals surface area contributed by atoms with Crippen LogP contribution in [0.25, 0.3) is 11.0 Å². The molecule has 1 atom stereocenters. The maximum atomic E-state index is 12.2. The highest BCUT2D eigenvalue weighted by Crippen LogP contribution is 2.29. The zero-order valence-electron chi connectivity index (χ0n) is 17.0. The van der Waals surface area contributed by atoms with Crippen LogP contribution in [0.5, 0.6) is 5.75 Å². The van der Waals surface area contributed by atoms with E-state index < -0.39 is 23.8 Å². The summed E-state index contributed by atoms with van der Waals surface area (Å²) in [5.74, 6) is -1.92. The number of rotatable bonds is 6. The smallest absolute Gasteiger partial charge is 0.339 e. The summed E-state index contributed by atoms with van der Waals surface area (Å²) in [7, 11) is 0. The summed E-state index contributed by atoms with van der Waals surface area (Å²) in [6.45, 7) is -0.321. The van der Waals surface area contributed by atoms with E-state index in [1.54, 1.807) is 12.1 Å². The van der Waals surface area contributed by atoms with Crippen LogP contribution in [0.4, 0.5) is 0 Å². The first-order valence-electron chi connectivity index (χ1n) is 10.4. The Morgan fingerprint density at radius 2 is 1.94 bits per heavy atom. The molecule has 0 spiro atoms. The number of likely N-dealkylation sites (tertiary alicyclic amines) is 1. The van der Waals surface area contributed by atoms with E-state index in [1.807, 2.05) is 6.07 Å². The number of hydrogen-bond acceptors (Lipinski definition) is 7. The van der Waals surface area contributed by atoms with E-state index >= 15 is 0 Å². The molecule has 164 valence electrons. The number of aryl methyl sites for hydroxylation is 1. The number of ether oxygens (including phenoxy) is 1. The summed E-state index contributed by atoms with van der Waals surface area (Å²) in [5.41, 5.74) is 1.86. The predicted octanol–water partition coefficient (Wildman–Crippen LogP) is -0.0923. The van der Waals surface area contributed by atoms with Gasteiger partial charge in [0.2, 0.25) is 5.91 Å². The van der Waals surface area contributed by atoms with Crippen molar-refractivity contribution in [3.05, 3.63) is 39.7 Å². The summed E-state index contributed by atoms with van der Waals surface area (Å²) in [4.78, 5) is 48.7. The van der Waals surface area contributed by atoms with E-state index in [1.165, 1.54) is 4.90 Å². The molecular weight excluding hydrogens is 404 g/mol. The molecule has 1 aliphatic heterocycles. The minimum Gasteiger partial charge on any atom is -0.548 e. The van der Waals surface area contributed by atoms with Gasteiger partial charge in [-0.3, -0.25) is 9.59 Å². The third-order valence-corrected chi connectivity index (χ3v) is 5.85. The lowest BCUT2D eigenvalue weighted by Gasteiger charge is -2.25. The van der Waals surface area contributed by atoms with E-state index in [0.29, 0.717) is 30.7 Å². The second kappa shape index (κ2) is 8.79. The first kappa shape index (κ1) is 20.9. The summed E-state index contributed by atoms with van der Waals surface area (Å²) in [6.07, 6.45) is 4.52. The Balaban J connectivity index is 1.34. The van der Waals surface area contributed by atoms with Gasteiger partial charge in [-0.25, -0.2) is 4.79 Å². The quantitative estimate of drug-likeness (QED) is 0.638. The van der Waals surface area contributed by atoms with E-state index in [2.05, 4.69) is 5.32 Å². The number of aliphatic carboxylic acids is 1. The number of nitrogens with one attached hydrogen (secondary N) is 1. The van der Waals surface area contributed by atoms with Crippen LogP contribution in [0.3, 0.4) is 0 Å². The molecular formula is C22H23N2O7-. The van der Waals surface area contributed by atoms with Gasteiger partial charge in [0.25, 0.3) is 5.91 Å². The zero-order valence-corrected chi connectivity index (χ0v) is 17.0. The molecule has 2 heterocycles. The van der Waals surface area contributed by atoms with Gasteiger partial charge >= 0.3 is 5.63 Å². The number of amides is 2. The Kier molecular flexibility index (Phi) is 5.92. The Morgan fingerprint density at radius 3 is 2.71 bits per heavy atom. The topological polar surface area (TPSA) is 129 Å². The molecule has 9 heteroatoms. The van der Waals surface area contributed by atoms with Gasteiger partial charge in [-0.1, -0.05) is 0 Å². The van der Waals surface area contributed by atoms with Crippen LogP contribution in [0.2, 0.25) is 0 Å². The van der Waals surface area contributed by atoms with Crippen molar-refractivity contribution >= 4 is 28.8 Å². The van der Waals surface area contributed by atoms with Crippen LogP contribution >= 0.6 is 0 Å². The SMILES string of the molecule is O=C(COc1ccc2c3c(c(=O)oc2c1)CCCC3)NCC(=O)N1CCC[C@@H]1C(=O)[O-]. The summed E-state index contributed by atoms with van der Waals surface area (Å²) in [5, 5.41) is 14.4. The number of carboxylic acid groups (broad SMARTS) is 1. The van der Waals surface area contributed by atoms with Crippen molar-refractivity contribution in [1.29, 1.82) is 0 Å². The Morgan fingerprint density at radius 1 is 1.16 bits per heavy atom. The lowest BCUT2D eigenvalue weighted by molar-refractivity contribution is -0.310.